The molecule has 0 unspecified atom stereocenters. The minimum atomic E-state index is -4.29. The molecule has 0 bridgehead atoms. The standard InChI is InChI=1S/C12H11F4N3O/c1-7-4-8(2-3-9(7)13)11-18-10(20-19-11)5-17-6-12(14,15)16/h2-4,17H,5-6H2,1H3. The third-order valence-corrected chi connectivity index (χ3v) is 2.49. The molecule has 0 spiro atoms. The van der Waals surface area contributed by atoms with E-state index in [2.05, 4.69) is 15.5 Å². The van der Waals surface area contributed by atoms with E-state index in [0.29, 0.717) is 11.1 Å². The molecule has 2 rings (SSSR count). The third-order valence-electron chi connectivity index (χ3n) is 2.49. The lowest BCUT2D eigenvalue weighted by atomic mass is 10.1. The van der Waals surface area contributed by atoms with Gasteiger partial charge in [-0.25, -0.2) is 4.39 Å². The van der Waals surface area contributed by atoms with Crippen molar-refractivity contribution in [1.29, 1.82) is 0 Å². The van der Waals surface area contributed by atoms with Crippen molar-refractivity contribution in [2.24, 2.45) is 0 Å². The van der Waals surface area contributed by atoms with Crippen molar-refractivity contribution in [3.05, 3.63) is 35.5 Å². The highest BCUT2D eigenvalue weighted by atomic mass is 19.4. The van der Waals surface area contributed by atoms with E-state index < -0.39 is 12.7 Å². The molecule has 0 aliphatic carbocycles. The molecule has 0 aliphatic heterocycles. The van der Waals surface area contributed by atoms with E-state index in [-0.39, 0.29) is 24.1 Å². The molecule has 1 aromatic carbocycles. The molecule has 1 aromatic heterocycles. The summed E-state index contributed by atoms with van der Waals surface area (Å²) >= 11 is 0. The van der Waals surface area contributed by atoms with E-state index >= 15 is 0 Å². The van der Waals surface area contributed by atoms with Crippen LogP contribution in [-0.2, 0) is 6.54 Å². The van der Waals surface area contributed by atoms with Crippen molar-refractivity contribution in [3.8, 4) is 11.4 Å². The van der Waals surface area contributed by atoms with E-state index in [1.165, 1.54) is 18.2 Å². The van der Waals surface area contributed by atoms with Crippen LogP contribution in [0.2, 0.25) is 0 Å². The Labute approximate surface area is 111 Å². The lowest BCUT2D eigenvalue weighted by Gasteiger charge is -2.05. The van der Waals surface area contributed by atoms with Crippen LogP contribution in [0.4, 0.5) is 17.6 Å². The van der Waals surface area contributed by atoms with Crippen LogP contribution in [0, 0.1) is 12.7 Å². The molecule has 1 heterocycles. The molecular formula is C12H11F4N3O. The molecule has 20 heavy (non-hydrogen) atoms. The Hall–Kier alpha value is -1.96. The van der Waals surface area contributed by atoms with Crippen LogP contribution in [0.15, 0.2) is 22.7 Å². The van der Waals surface area contributed by atoms with Crippen molar-refractivity contribution in [1.82, 2.24) is 15.5 Å². The van der Waals surface area contributed by atoms with Crippen molar-refractivity contribution < 1.29 is 22.1 Å². The fourth-order valence-corrected chi connectivity index (χ4v) is 1.54. The Morgan fingerprint density at radius 1 is 1.30 bits per heavy atom. The third kappa shape index (κ3) is 3.77. The topological polar surface area (TPSA) is 51.0 Å². The van der Waals surface area contributed by atoms with Gasteiger partial charge in [-0.2, -0.15) is 18.2 Å². The molecule has 0 atom stereocenters. The zero-order chi connectivity index (χ0) is 14.8. The first kappa shape index (κ1) is 14.4. The van der Waals surface area contributed by atoms with Gasteiger partial charge in [0.1, 0.15) is 5.82 Å². The summed E-state index contributed by atoms with van der Waals surface area (Å²) in [5.41, 5.74) is 0.957. The second kappa shape index (κ2) is 5.58. The zero-order valence-corrected chi connectivity index (χ0v) is 10.5. The van der Waals surface area contributed by atoms with Gasteiger partial charge in [-0.05, 0) is 30.7 Å². The second-order valence-electron chi connectivity index (χ2n) is 4.19. The Bertz CT molecular complexity index is 595. The van der Waals surface area contributed by atoms with Gasteiger partial charge in [0.25, 0.3) is 0 Å². The maximum atomic E-state index is 13.1. The molecule has 0 radical (unpaired) electrons. The van der Waals surface area contributed by atoms with Gasteiger partial charge in [0.15, 0.2) is 0 Å². The summed E-state index contributed by atoms with van der Waals surface area (Å²) in [4.78, 5) is 3.94. The molecule has 0 fully saturated rings. The highest BCUT2D eigenvalue weighted by molar-refractivity contribution is 5.55. The fourth-order valence-electron chi connectivity index (χ4n) is 1.54. The molecule has 8 heteroatoms. The first-order valence-electron chi connectivity index (χ1n) is 5.72. The summed E-state index contributed by atoms with van der Waals surface area (Å²) in [7, 11) is 0. The van der Waals surface area contributed by atoms with Crippen molar-refractivity contribution in [3.63, 3.8) is 0 Å². The number of nitrogens with one attached hydrogen (secondary N) is 1. The quantitative estimate of drug-likeness (QED) is 0.879. The Kier molecular flexibility index (Phi) is 4.03. The average molecular weight is 289 g/mol. The van der Waals surface area contributed by atoms with E-state index in [1.54, 1.807) is 6.92 Å². The first-order valence-corrected chi connectivity index (χ1v) is 5.72. The van der Waals surface area contributed by atoms with Crippen molar-refractivity contribution in [2.75, 3.05) is 6.54 Å². The predicted molar refractivity (Wildman–Crippen MR) is 62.2 cm³/mol. The molecule has 0 saturated carbocycles. The maximum absolute atomic E-state index is 13.1. The summed E-state index contributed by atoms with van der Waals surface area (Å²) in [5.74, 6) is -0.118. The summed E-state index contributed by atoms with van der Waals surface area (Å²) in [6.45, 7) is 0.262. The highest BCUT2D eigenvalue weighted by Crippen LogP contribution is 2.19. The number of halogens is 4. The van der Waals surface area contributed by atoms with Crippen LogP contribution < -0.4 is 5.32 Å². The predicted octanol–water partition coefficient (Wildman–Crippen LogP) is 2.84. The molecule has 1 N–H and O–H groups in total. The summed E-state index contributed by atoms with van der Waals surface area (Å²) in [5, 5.41) is 5.79. The Morgan fingerprint density at radius 3 is 2.70 bits per heavy atom. The van der Waals surface area contributed by atoms with Gasteiger partial charge >= 0.3 is 6.18 Å². The number of hydrogen-bond acceptors (Lipinski definition) is 4. The van der Waals surface area contributed by atoms with Gasteiger partial charge in [0.05, 0.1) is 13.1 Å². The second-order valence-corrected chi connectivity index (χ2v) is 4.19. The Balaban J connectivity index is 2.03. The monoisotopic (exact) mass is 289 g/mol. The van der Waals surface area contributed by atoms with Gasteiger partial charge in [-0.3, -0.25) is 0 Å². The first-order chi connectivity index (χ1) is 9.35. The van der Waals surface area contributed by atoms with Crippen LogP contribution >= 0.6 is 0 Å². The van der Waals surface area contributed by atoms with Gasteiger partial charge in [0.2, 0.25) is 11.7 Å². The van der Waals surface area contributed by atoms with Gasteiger partial charge in [-0.1, -0.05) is 5.16 Å². The van der Waals surface area contributed by atoms with Crippen LogP contribution in [0.1, 0.15) is 11.5 Å². The van der Waals surface area contributed by atoms with Crippen molar-refractivity contribution >= 4 is 0 Å². The minimum absolute atomic E-state index is 0.0335. The maximum Gasteiger partial charge on any atom is 0.401 e. The minimum Gasteiger partial charge on any atom is -0.338 e. The molecule has 0 saturated heterocycles. The smallest absolute Gasteiger partial charge is 0.338 e. The number of hydrogen-bond donors (Lipinski definition) is 1. The van der Waals surface area contributed by atoms with Gasteiger partial charge in [0, 0.05) is 5.56 Å². The van der Waals surface area contributed by atoms with E-state index in [4.69, 9.17) is 4.52 Å². The lowest BCUT2D eigenvalue weighted by Crippen LogP contribution is -2.28. The molecule has 2 aromatic rings. The number of nitrogens with zero attached hydrogens (tertiary/aromatic N) is 2. The van der Waals surface area contributed by atoms with Crippen LogP contribution in [-0.4, -0.2) is 22.9 Å². The molecule has 0 aliphatic rings. The summed E-state index contributed by atoms with van der Waals surface area (Å²) in [6.07, 6.45) is -4.29. The average Bonchev–Trinajstić information content (AvgIpc) is 2.80. The van der Waals surface area contributed by atoms with Gasteiger partial charge < -0.3 is 9.84 Å². The number of alkyl halides is 3. The highest BCUT2D eigenvalue weighted by Gasteiger charge is 2.26. The van der Waals surface area contributed by atoms with Crippen LogP contribution in [0.3, 0.4) is 0 Å². The summed E-state index contributed by atoms with van der Waals surface area (Å²) in [6, 6.07) is 4.27. The molecule has 0 amide bonds. The van der Waals surface area contributed by atoms with E-state index in [1.807, 2.05) is 0 Å². The zero-order valence-electron chi connectivity index (χ0n) is 10.5. The van der Waals surface area contributed by atoms with Gasteiger partial charge in [-0.15, -0.1) is 0 Å². The van der Waals surface area contributed by atoms with Crippen LogP contribution in [0.25, 0.3) is 11.4 Å². The number of rotatable bonds is 4. The molecule has 4 nitrogen and oxygen atoms in total. The largest absolute Gasteiger partial charge is 0.401 e. The molecular weight excluding hydrogens is 278 g/mol. The van der Waals surface area contributed by atoms with E-state index in [0.717, 1.165) is 0 Å². The van der Waals surface area contributed by atoms with Crippen LogP contribution in [0.5, 0.6) is 0 Å². The Morgan fingerprint density at radius 2 is 2.05 bits per heavy atom. The fraction of sp³-hybridized carbons (Fsp3) is 0.333. The van der Waals surface area contributed by atoms with E-state index in [9.17, 15) is 17.6 Å². The number of aromatic nitrogens is 2. The lowest BCUT2D eigenvalue weighted by molar-refractivity contribution is -0.125. The number of benzene rings is 1. The summed E-state index contributed by atoms with van der Waals surface area (Å²) < 4.78 is 53.8. The number of aryl methyl sites for hydroxylation is 1. The SMILES string of the molecule is Cc1cc(-c2noc(CNCC(F)(F)F)n2)ccc1F. The molecule has 108 valence electrons. The normalized spacial score (nSPS) is 11.8. The van der Waals surface area contributed by atoms with Crippen molar-refractivity contribution in [2.45, 2.75) is 19.6 Å².